The van der Waals surface area contributed by atoms with Gasteiger partial charge in [-0.2, -0.15) is 29.5 Å². The van der Waals surface area contributed by atoms with E-state index in [1.165, 1.54) is 31.3 Å². The summed E-state index contributed by atoms with van der Waals surface area (Å²) in [6, 6.07) is 11.6. The maximum Gasteiger partial charge on any atom is 0.339 e. The van der Waals surface area contributed by atoms with E-state index in [2.05, 4.69) is 45.1 Å². The fourth-order valence-corrected chi connectivity index (χ4v) is 2.40. The summed E-state index contributed by atoms with van der Waals surface area (Å²) in [5.74, 6) is -1.73. The van der Waals surface area contributed by atoms with Crippen molar-refractivity contribution in [2.45, 2.75) is 0 Å². The molecule has 0 aromatic heterocycles. The normalized spacial score (nSPS) is 10.3. The Labute approximate surface area is 236 Å². The third-order valence-electron chi connectivity index (χ3n) is 2.82. The Balaban J connectivity index is -0.000000197. The summed E-state index contributed by atoms with van der Waals surface area (Å²) in [7, 11) is 3.25. The number of phenols is 2. The van der Waals surface area contributed by atoms with Gasteiger partial charge in [0.2, 0.25) is 0 Å². The molecule has 0 spiro atoms. The minimum absolute atomic E-state index is 0.0671. The van der Waals surface area contributed by atoms with Crippen LogP contribution in [0.25, 0.3) is 0 Å². The van der Waals surface area contributed by atoms with Crippen molar-refractivity contribution in [3.8, 4) is 11.5 Å². The Bertz CT molecular complexity index is 850. The smallest absolute Gasteiger partial charge is 0.339 e. The molecule has 18 heteroatoms. The standard InChI is InChI=1S/2C7H6O3.2C2H6O3S2.2CH5N/c2*8-6-4-2-1-3-5(6)7(9)10;2*3-7(4)5-1-2-6;2*1-2/h2*1-4,8H,(H,9,10);2*6H,1-2H2,(H,3,4);2*2H2,1H3. The Morgan fingerprint density at radius 3 is 1.32 bits per heavy atom. The molecule has 38 heavy (non-hydrogen) atoms. The summed E-state index contributed by atoms with van der Waals surface area (Å²) in [5.41, 5.74) is 7.62. The Morgan fingerprint density at radius 1 is 0.842 bits per heavy atom. The van der Waals surface area contributed by atoms with Crippen molar-refractivity contribution in [2.75, 3.05) is 38.8 Å². The van der Waals surface area contributed by atoms with E-state index < -0.39 is 34.7 Å². The molecule has 0 saturated heterocycles. The molecule has 2 unspecified atom stereocenters. The molecule has 220 valence electrons. The molecule has 0 aliphatic heterocycles. The fourth-order valence-electron chi connectivity index (χ4n) is 1.52. The first kappa shape index (κ1) is 42.8. The van der Waals surface area contributed by atoms with Gasteiger partial charge in [-0.15, -0.1) is 0 Å². The highest BCUT2D eigenvalue weighted by Crippen LogP contribution is 2.15. The predicted molar refractivity (Wildman–Crippen MR) is 148 cm³/mol. The average Bonchev–Trinajstić information content (AvgIpc) is 2.90. The highest BCUT2D eigenvalue weighted by atomic mass is 32.2. The van der Waals surface area contributed by atoms with Gasteiger partial charge in [0.05, 0.1) is 31.6 Å². The van der Waals surface area contributed by atoms with Crippen molar-refractivity contribution in [1.82, 2.24) is 0 Å². The van der Waals surface area contributed by atoms with E-state index in [1.54, 1.807) is 31.3 Å². The number of para-hydroxylation sites is 2. The Kier molecular flexibility index (Phi) is 34.9. The number of carboxylic acids is 2. The van der Waals surface area contributed by atoms with E-state index in [-0.39, 0.29) is 35.8 Å². The largest absolute Gasteiger partial charge is 0.750 e. The SMILES string of the molecule is CN.C[NH3+].O=C(O)c1ccccc1O.O=C(O)c1ccccc1O.O=S(O)OCCS.O=S([O-])OCCS. The van der Waals surface area contributed by atoms with E-state index >= 15 is 0 Å². The molecule has 0 fully saturated rings. The van der Waals surface area contributed by atoms with Gasteiger partial charge in [-0.05, 0) is 31.3 Å². The molecular formula is C20H34N2O12S4. The van der Waals surface area contributed by atoms with Crippen LogP contribution < -0.4 is 11.5 Å². The zero-order valence-corrected chi connectivity index (χ0v) is 24.0. The van der Waals surface area contributed by atoms with Crippen LogP contribution in [-0.2, 0) is 31.1 Å². The third kappa shape index (κ3) is 28.3. The minimum Gasteiger partial charge on any atom is -0.750 e. The lowest BCUT2D eigenvalue weighted by molar-refractivity contribution is -0.325. The summed E-state index contributed by atoms with van der Waals surface area (Å²) >= 11 is 2.94. The van der Waals surface area contributed by atoms with Gasteiger partial charge >= 0.3 is 23.3 Å². The second-order valence-corrected chi connectivity index (χ2v) is 7.37. The number of carbonyl (C=O) groups is 2. The van der Waals surface area contributed by atoms with E-state index in [1.807, 2.05) is 0 Å². The third-order valence-corrected chi connectivity index (χ3v) is 3.91. The van der Waals surface area contributed by atoms with Crippen LogP contribution in [0.15, 0.2) is 48.5 Å². The van der Waals surface area contributed by atoms with Gasteiger partial charge in [0.15, 0.2) is 0 Å². The van der Waals surface area contributed by atoms with Gasteiger partial charge in [-0.25, -0.2) is 13.8 Å². The number of benzene rings is 2. The van der Waals surface area contributed by atoms with Gasteiger partial charge in [0.1, 0.15) is 22.6 Å². The van der Waals surface area contributed by atoms with Gasteiger partial charge < -0.3 is 36.4 Å². The van der Waals surface area contributed by atoms with E-state index in [0.717, 1.165) is 0 Å². The van der Waals surface area contributed by atoms with E-state index in [4.69, 9.17) is 25.0 Å². The summed E-state index contributed by atoms with van der Waals surface area (Å²) in [4.78, 5) is 20.5. The van der Waals surface area contributed by atoms with Crippen LogP contribution in [0.1, 0.15) is 20.7 Å². The first-order valence-corrected chi connectivity index (χ1v) is 13.3. The molecule has 0 aliphatic rings. The van der Waals surface area contributed by atoms with Crippen molar-refractivity contribution >= 4 is 59.9 Å². The van der Waals surface area contributed by atoms with Gasteiger partial charge in [-0.1, -0.05) is 24.3 Å². The van der Waals surface area contributed by atoms with Crippen molar-refractivity contribution in [2.24, 2.45) is 5.73 Å². The number of aromatic hydroxyl groups is 2. The number of rotatable bonds is 8. The second-order valence-electron chi connectivity index (χ2n) is 5.16. The predicted octanol–water partition coefficient (Wildman–Crippen LogP) is 0.410. The number of hydrogen-bond acceptors (Lipinski definition) is 12. The van der Waals surface area contributed by atoms with Crippen molar-refractivity contribution < 1.29 is 61.6 Å². The molecule has 14 nitrogen and oxygen atoms in total. The Morgan fingerprint density at radius 2 is 1.16 bits per heavy atom. The molecule has 0 aliphatic carbocycles. The molecule has 0 radical (unpaired) electrons. The van der Waals surface area contributed by atoms with Crippen molar-refractivity contribution in [1.29, 1.82) is 0 Å². The lowest BCUT2D eigenvalue weighted by Crippen LogP contribution is -2.40. The van der Waals surface area contributed by atoms with Crippen LogP contribution in [0.5, 0.6) is 11.5 Å². The first-order chi connectivity index (χ1) is 18.0. The Hall–Kier alpha value is -2.26. The summed E-state index contributed by atoms with van der Waals surface area (Å²) < 4.78 is 44.7. The van der Waals surface area contributed by atoms with Crippen molar-refractivity contribution in [3.05, 3.63) is 59.7 Å². The molecule has 2 rings (SSSR count). The molecule has 0 heterocycles. The lowest BCUT2D eigenvalue weighted by Gasteiger charge is -2.00. The second kappa shape index (κ2) is 31.0. The molecule has 2 aromatic carbocycles. The zero-order chi connectivity index (χ0) is 30.5. The molecule has 2 atom stereocenters. The number of quaternary nitrogens is 1. The van der Waals surface area contributed by atoms with Gasteiger partial charge in [0.25, 0.3) is 0 Å². The van der Waals surface area contributed by atoms with Gasteiger partial charge in [-0.3, -0.25) is 12.9 Å². The molecule has 0 amide bonds. The van der Waals surface area contributed by atoms with Crippen LogP contribution in [0.3, 0.4) is 0 Å². The van der Waals surface area contributed by atoms with Crippen LogP contribution in [0.4, 0.5) is 0 Å². The number of aromatic carboxylic acids is 2. The lowest BCUT2D eigenvalue weighted by atomic mass is 10.2. The van der Waals surface area contributed by atoms with Crippen molar-refractivity contribution in [3.63, 3.8) is 0 Å². The number of carboxylic acid groups (broad SMARTS) is 2. The minimum atomic E-state index is -2.36. The van der Waals surface area contributed by atoms with Crippen LogP contribution in [0, 0.1) is 0 Å². The molecule has 2 aromatic rings. The number of hydrogen-bond donors (Lipinski definition) is 9. The molecule has 0 bridgehead atoms. The molecule has 0 saturated carbocycles. The maximum absolute atomic E-state index is 10.3. The van der Waals surface area contributed by atoms with E-state index in [0.29, 0.717) is 11.5 Å². The van der Waals surface area contributed by atoms with Crippen LogP contribution in [0.2, 0.25) is 0 Å². The van der Waals surface area contributed by atoms with Crippen LogP contribution >= 0.6 is 25.3 Å². The first-order valence-electron chi connectivity index (χ1n) is 9.97. The summed E-state index contributed by atoms with van der Waals surface area (Å²) in [6.45, 7) is 0.367. The monoisotopic (exact) mass is 622 g/mol. The topological polar surface area (TPSA) is 265 Å². The maximum atomic E-state index is 10.3. The summed E-state index contributed by atoms with van der Waals surface area (Å²) in [6.07, 6.45) is 0. The summed E-state index contributed by atoms with van der Waals surface area (Å²) in [5, 5.41) is 34.6. The number of nitrogens with two attached hydrogens (primary N) is 1. The fraction of sp³-hybridized carbons (Fsp3) is 0.300. The van der Waals surface area contributed by atoms with Gasteiger partial charge in [0, 0.05) is 11.5 Å². The molecule has 10 N–H and O–H groups in total. The highest BCUT2D eigenvalue weighted by molar-refractivity contribution is 7.80. The molecular weight excluding hydrogens is 588 g/mol. The average molecular weight is 623 g/mol. The number of thiol groups is 2. The zero-order valence-electron chi connectivity index (χ0n) is 20.5. The highest BCUT2D eigenvalue weighted by Gasteiger charge is 2.06. The van der Waals surface area contributed by atoms with Crippen LogP contribution in [-0.4, -0.2) is 88.7 Å². The quantitative estimate of drug-likeness (QED) is 0.143. The van der Waals surface area contributed by atoms with E-state index in [9.17, 15) is 22.6 Å².